The molecular weight excluding hydrogens is 382 g/mol. The number of carbonyl (C=O) groups excluding carboxylic acids is 1. The van der Waals surface area contributed by atoms with Gasteiger partial charge in [0.15, 0.2) is 0 Å². The van der Waals surface area contributed by atoms with Crippen LogP contribution in [-0.4, -0.2) is 41.4 Å². The highest BCUT2D eigenvalue weighted by molar-refractivity contribution is 5.87. The van der Waals surface area contributed by atoms with E-state index in [1.54, 1.807) is 0 Å². The first-order valence-corrected chi connectivity index (χ1v) is 12.4. The number of hydrogen-bond donors (Lipinski definition) is 1. The van der Waals surface area contributed by atoms with E-state index in [1.807, 2.05) is 0 Å². The second-order valence-electron chi connectivity index (χ2n) is 10.2. The third-order valence-electron chi connectivity index (χ3n) is 8.13. The molecule has 1 N–H and O–H groups in total. The number of nitrogens with one attached hydrogen (secondary N) is 1. The predicted octanol–water partition coefficient (Wildman–Crippen LogP) is 5.02. The molecule has 1 aromatic rings. The Bertz CT molecular complexity index is 861. The fourth-order valence-electron chi connectivity index (χ4n) is 6.26. The van der Waals surface area contributed by atoms with Crippen LogP contribution in [0.3, 0.4) is 0 Å². The summed E-state index contributed by atoms with van der Waals surface area (Å²) in [5.41, 5.74) is 5.87. The van der Waals surface area contributed by atoms with Gasteiger partial charge in [-0.3, -0.25) is 4.79 Å². The van der Waals surface area contributed by atoms with Crippen LogP contribution >= 0.6 is 0 Å². The van der Waals surface area contributed by atoms with Gasteiger partial charge in [-0.25, -0.2) is 0 Å². The summed E-state index contributed by atoms with van der Waals surface area (Å²) >= 11 is 0. The molecule has 3 heterocycles. The number of hydrogen-bond acceptors (Lipinski definition) is 3. The normalized spacial score (nSPS) is 26.3. The van der Waals surface area contributed by atoms with Crippen LogP contribution in [0.15, 0.2) is 37.1 Å². The van der Waals surface area contributed by atoms with Crippen LogP contribution < -0.4 is 5.32 Å². The Kier molecular flexibility index (Phi) is 5.92. The number of nitrogens with zero attached hydrogens (tertiary/aromatic N) is 2. The van der Waals surface area contributed by atoms with Crippen LogP contribution in [0, 0.1) is 5.92 Å². The fourth-order valence-corrected chi connectivity index (χ4v) is 6.26. The highest BCUT2D eigenvalue weighted by atomic mass is 16.2. The fraction of sp³-hybridized carbons (Fsp3) is 0.593. The van der Waals surface area contributed by atoms with Gasteiger partial charge in [0.2, 0.25) is 5.91 Å². The Hall–Kier alpha value is -2.07. The molecule has 1 atom stereocenters. The maximum absolute atomic E-state index is 12.5. The second-order valence-corrected chi connectivity index (χ2v) is 10.2. The van der Waals surface area contributed by atoms with Gasteiger partial charge >= 0.3 is 0 Å². The Labute approximate surface area is 187 Å². The van der Waals surface area contributed by atoms with Crippen LogP contribution in [0.2, 0.25) is 0 Å². The number of carbonyl (C=O) groups is 1. The number of likely N-dealkylation sites (tertiary alicyclic amines) is 1. The summed E-state index contributed by atoms with van der Waals surface area (Å²) in [6, 6.07) is 6.84. The molecule has 0 bridgehead atoms. The van der Waals surface area contributed by atoms with E-state index in [0.717, 1.165) is 36.7 Å². The van der Waals surface area contributed by atoms with Gasteiger partial charge in [-0.2, -0.15) is 0 Å². The predicted molar refractivity (Wildman–Crippen MR) is 126 cm³/mol. The van der Waals surface area contributed by atoms with Crippen molar-refractivity contribution in [3.8, 4) is 0 Å². The summed E-state index contributed by atoms with van der Waals surface area (Å²) in [4.78, 5) is 17.4. The van der Waals surface area contributed by atoms with E-state index in [-0.39, 0.29) is 11.9 Å². The molecule has 3 fully saturated rings. The Balaban J connectivity index is 1.21. The van der Waals surface area contributed by atoms with E-state index in [2.05, 4.69) is 46.5 Å². The van der Waals surface area contributed by atoms with E-state index in [1.165, 1.54) is 81.3 Å². The minimum Gasteiger partial charge on any atom is -0.355 e. The average molecular weight is 420 g/mol. The SMILES string of the molecule is C=C1CCC(N2Cc3cc(C4CCN(CC5CCCCC5)CC4)ccc3C2=C)C(=O)N1. The number of amides is 1. The van der Waals surface area contributed by atoms with Gasteiger partial charge in [0.05, 0.1) is 0 Å². The van der Waals surface area contributed by atoms with Crippen molar-refractivity contribution < 1.29 is 4.79 Å². The lowest BCUT2D eigenvalue weighted by molar-refractivity contribution is -0.125. The molecule has 4 heteroatoms. The molecule has 2 saturated heterocycles. The molecule has 0 aromatic heterocycles. The molecule has 0 radical (unpaired) electrons. The topological polar surface area (TPSA) is 35.6 Å². The first kappa shape index (κ1) is 20.8. The quantitative estimate of drug-likeness (QED) is 0.744. The third kappa shape index (κ3) is 4.32. The van der Waals surface area contributed by atoms with E-state index >= 15 is 0 Å². The third-order valence-corrected chi connectivity index (χ3v) is 8.13. The first-order chi connectivity index (χ1) is 15.1. The summed E-state index contributed by atoms with van der Waals surface area (Å²) in [5.74, 6) is 1.67. The zero-order valence-electron chi connectivity index (χ0n) is 18.9. The molecule has 4 aliphatic rings. The van der Waals surface area contributed by atoms with Crippen molar-refractivity contribution in [2.24, 2.45) is 5.92 Å². The maximum Gasteiger partial charge on any atom is 0.246 e. The van der Waals surface area contributed by atoms with E-state index < -0.39 is 0 Å². The van der Waals surface area contributed by atoms with Gasteiger partial charge < -0.3 is 15.1 Å². The molecule has 31 heavy (non-hydrogen) atoms. The van der Waals surface area contributed by atoms with E-state index in [4.69, 9.17) is 0 Å². The molecule has 1 aliphatic carbocycles. The summed E-state index contributed by atoms with van der Waals surface area (Å²) < 4.78 is 0. The van der Waals surface area contributed by atoms with Crippen molar-refractivity contribution in [1.82, 2.24) is 15.1 Å². The van der Waals surface area contributed by atoms with Gasteiger partial charge in [-0.1, -0.05) is 50.6 Å². The zero-order valence-corrected chi connectivity index (χ0v) is 18.9. The highest BCUT2D eigenvalue weighted by Crippen LogP contribution is 2.38. The van der Waals surface area contributed by atoms with Gasteiger partial charge in [0.1, 0.15) is 6.04 Å². The molecule has 5 rings (SSSR count). The number of rotatable bonds is 4. The average Bonchev–Trinajstić information content (AvgIpc) is 3.10. The van der Waals surface area contributed by atoms with Gasteiger partial charge in [0, 0.05) is 30.0 Å². The molecule has 4 nitrogen and oxygen atoms in total. The first-order valence-electron chi connectivity index (χ1n) is 12.4. The standard InChI is InChI=1S/C27H37N3O/c1-19-8-11-26(27(31)28-19)30-18-24-16-23(9-10-25(24)20(30)2)22-12-14-29(15-13-22)17-21-6-4-3-5-7-21/h9-10,16,21-22,26H,1-8,11-15,17-18H2,(H,28,31). The van der Waals surface area contributed by atoms with Crippen LogP contribution in [0.25, 0.3) is 5.70 Å². The van der Waals surface area contributed by atoms with Crippen LogP contribution in [-0.2, 0) is 11.3 Å². The monoisotopic (exact) mass is 419 g/mol. The van der Waals surface area contributed by atoms with Crippen LogP contribution in [0.5, 0.6) is 0 Å². The smallest absolute Gasteiger partial charge is 0.246 e. The lowest BCUT2D eigenvalue weighted by Gasteiger charge is -2.35. The molecule has 1 saturated carbocycles. The van der Waals surface area contributed by atoms with Crippen LogP contribution in [0.4, 0.5) is 0 Å². The largest absolute Gasteiger partial charge is 0.355 e. The molecule has 1 amide bonds. The highest BCUT2D eigenvalue weighted by Gasteiger charge is 2.35. The molecular formula is C27H37N3O. The Morgan fingerprint density at radius 3 is 2.52 bits per heavy atom. The van der Waals surface area contributed by atoms with Crippen LogP contribution in [0.1, 0.15) is 80.4 Å². The molecule has 1 aromatic carbocycles. The van der Waals surface area contributed by atoms with Crippen molar-refractivity contribution in [2.75, 3.05) is 19.6 Å². The maximum atomic E-state index is 12.5. The van der Waals surface area contributed by atoms with E-state index in [0.29, 0.717) is 5.92 Å². The second kappa shape index (κ2) is 8.82. The zero-order chi connectivity index (χ0) is 21.4. The molecule has 166 valence electrons. The van der Waals surface area contributed by atoms with Gasteiger partial charge in [-0.05, 0) is 74.6 Å². The number of benzene rings is 1. The van der Waals surface area contributed by atoms with E-state index in [9.17, 15) is 4.79 Å². The van der Waals surface area contributed by atoms with Crippen molar-refractivity contribution in [2.45, 2.75) is 76.3 Å². The van der Waals surface area contributed by atoms with Crippen molar-refractivity contribution in [3.05, 3.63) is 53.7 Å². The minimum atomic E-state index is -0.128. The Morgan fingerprint density at radius 1 is 1.00 bits per heavy atom. The summed E-state index contributed by atoms with van der Waals surface area (Å²) in [5, 5.41) is 2.93. The summed E-state index contributed by atoms with van der Waals surface area (Å²) in [6.07, 6.45) is 11.4. The van der Waals surface area contributed by atoms with Crippen molar-refractivity contribution in [1.29, 1.82) is 0 Å². The Morgan fingerprint density at radius 2 is 1.77 bits per heavy atom. The summed E-state index contributed by atoms with van der Waals surface area (Å²) in [7, 11) is 0. The lowest BCUT2D eigenvalue weighted by Crippen LogP contribution is -2.47. The minimum absolute atomic E-state index is 0.0655. The van der Waals surface area contributed by atoms with Crippen molar-refractivity contribution in [3.63, 3.8) is 0 Å². The van der Waals surface area contributed by atoms with Gasteiger partial charge in [0.25, 0.3) is 0 Å². The number of piperidine rings is 2. The molecule has 1 unspecified atom stereocenters. The lowest BCUT2D eigenvalue weighted by atomic mass is 9.85. The van der Waals surface area contributed by atoms with Crippen molar-refractivity contribution >= 4 is 11.6 Å². The summed E-state index contributed by atoms with van der Waals surface area (Å²) in [6.45, 7) is 12.8. The molecule has 3 aliphatic heterocycles. The number of allylic oxidation sites excluding steroid dienone is 1. The van der Waals surface area contributed by atoms with Gasteiger partial charge in [-0.15, -0.1) is 0 Å². The number of fused-ring (bicyclic) bond motifs is 1. The molecule has 0 spiro atoms.